The molecule has 26 heavy (non-hydrogen) atoms. The van der Waals surface area contributed by atoms with Crippen LogP contribution in [-0.2, 0) is 0 Å². The van der Waals surface area contributed by atoms with Gasteiger partial charge < -0.3 is 14.5 Å². The summed E-state index contributed by atoms with van der Waals surface area (Å²) in [7, 11) is 3.80. The van der Waals surface area contributed by atoms with Crippen molar-refractivity contribution in [3.8, 4) is 22.7 Å². The second-order valence-corrected chi connectivity index (χ2v) is 6.38. The highest BCUT2D eigenvalue weighted by molar-refractivity contribution is 5.60. The molecule has 0 spiro atoms. The quantitative estimate of drug-likeness (QED) is 0.718. The first-order valence-electron chi connectivity index (χ1n) is 8.69. The maximum atomic E-state index is 5.42. The van der Waals surface area contributed by atoms with E-state index in [1.807, 2.05) is 53.6 Å². The first-order valence-corrected chi connectivity index (χ1v) is 8.69. The molecular formula is C19H22N6O. The number of para-hydroxylation sites is 2. The summed E-state index contributed by atoms with van der Waals surface area (Å²) in [6.07, 6.45) is 5.60. The Bertz CT molecular complexity index is 885. The van der Waals surface area contributed by atoms with Gasteiger partial charge >= 0.3 is 0 Å². The van der Waals surface area contributed by atoms with Gasteiger partial charge in [-0.15, -0.1) is 0 Å². The third-order valence-electron chi connectivity index (χ3n) is 4.64. The molecule has 3 aromatic rings. The van der Waals surface area contributed by atoms with Crippen molar-refractivity contribution in [2.45, 2.75) is 0 Å². The highest BCUT2D eigenvalue weighted by Crippen LogP contribution is 2.25. The molecule has 4 rings (SSSR count). The van der Waals surface area contributed by atoms with E-state index >= 15 is 0 Å². The van der Waals surface area contributed by atoms with Gasteiger partial charge in [-0.2, -0.15) is 5.10 Å². The number of hydrogen-bond acceptors (Lipinski definition) is 6. The fourth-order valence-electron chi connectivity index (χ4n) is 3.07. The monoisotopic (exact) mass is 350 g/mol. The number of nitrogens with zero attached hydrogens (tertiary/aromatic N) is 6. The van der Waals surface area contributed by atoms with Gasteiger partial charge in [0.25, 0.3) is 0 Å². The Labute approximate surface area is 152 Å². The van der Waals surface area contributed by atoms with Crippen LogP contribution in [0.4, 0.5) is 5.95 Å². The van der Waals surface area contributed by atoms with Crippen molar-refractivity contribution in [3.63, 3.8) is 0 Å². The second kappa shape index (κ2) is 7.13. The maximum Gasteiger partial charge on any atom is 0.225 e. The van der Waals surface area contributed by atoms with Crippen molar-refractivity contribution < 1.29 is 4.74 Å². The van der Waals surface area contributed by atoms with Gasteiger partial charge in [-0.3, -0.25) is 0 Å². The average Bonchev–Trinajstić information content (AvgIpc) is 3.19. The van der Waals surface area contributed by atoms with E-state index in [2.05, 4.69) is 26.9 Å². The van der Waals surface area contributed by atoms with Gasteiger partial charge in [0, 0.05) is 44.1 Å². The van der Waals surface area contributed by atoms with Gasteiger partial charge in [0.2, 0.25) is 5.95 Å². The zero-order chi connectivity index (χ0) is 17.9. The number of benzene rings is 1. The van der Waals surface area contributed by atoms with E-state index in [4.69, 9.17) is 9.72 Å². The SMILES string of the molecule is COc1ccccc1-n1cc(-c2ccnc(N3CCN(C)CC3)n2)cn1. The molecule has 134 valence electrons. The summed E-state index contributed by atoms with van der Waals surface area (Å²) in [5.74, 6) is 1.56. The summed E-state index contributed by atoms with van der Waals surface area (Å²) in [6, 6.07) is 9.73. The van der Waals surface area contributed by atoms with E-state index in [0.717, 1.165) is 54.8 Å². The lowest BCUT2D eigenvalue weighted by molar-refractivity contribution is 0.311. The predicted octanol–water partition coefficient (Wildman–Crippen LogP) is 2.09. The van der Waals surface area contributed by atoms with Crippen molar-refractivity contribution >= 4 is 5.95 Å². The van der Waals surface area contributed by atoms with Crippen LogP contribution >= 0.6 is 0 Å². The van der Waals surface area contributed by atoms with E-state index in [9.17, 15) is 0 Å². The molecule has 0 atom stereocenters. The summed E-state index contributed by atoms with van der Waals surface area (Å²) in [4.78, 5) is 13.8. The van der Waals surface area contributed by atoms with Gasteiger partial charge in [0.15, 0.2) is 0 Å². The lowest BCUT2D eigenvalue weighted by atomic mass is 10.2. The molecule has 2 aromatic heterocycles. The average molecular weight is 350 g/mol. The standard InChI is InChI=1S/C19H22N6O/c1-23-9-11-24(12-10-23)19-20-8-7-16(22-19)15-13-21-25(14-15)17-5-3-4-6-18(17)26-2/h3-8,13-14H,9-12H2,1-2H3. The third kappa shape index (κ3) is 3.25. The number of aromatic nitrogens is 4. The molecule has 0 aliphatic carbocycles. The van der Waals surface area contributed by atoms with Crippen LogP contribution in [0.5, 0.6) is 5.75 Å². The summed E-state index contributed by atoms with van der Waals surface area (Å²) < 4.78 is 7.24. The van der Waals surface area contributed by atoms with E-state index in [-0.39, 0.29) is 0 Å². The van der Waals surface area contributed by atoms with Crippen molar-refractivity contribution in [1.29, 1.82) is 0 Å². The van der Waals surface area contributed by atoms with Crippen LogP contribution in [0, 0.1) is 0 Å². The number of anilines is 1. The number of rotatable bonds is 4. The molecule has 0 unspecified atom stereocenters. The third-order valence-corrected chi connectivity index (χ3v) is 4.64. The molecular weight excluding hydrogens is 328 g/mol. The first-order chi connectivity index (χ1) is 12.7. The summed E-state index contributed by atoms with van der Waals surface area (Å²) in [5.41, 5.74) is 2.72. The van der Waals surface area contributed by atoms with Gasteiger partial charge in [0.1, 0.15) is 11.4 Å². The minimum atomic E-state index is 0.778. The Morgan fingerprint density at radius 1 is 1.04 bits per heavy atom. The van der Waals surface area contributed by atoms with Crippen LogP contribution in [-0.4, -0.2) is 65.0 Å². The predicted molar refractivity (Wildman–Crippen MR) is 101 cm³/mol. The topological polar surface area (TPSA) is 59.3 Å². The minimum absolute atomic E-state index is 0.778. The Morgan fingerprint density at radius 3 is 2.65 bits per heavy atom. The molecule has 1 aromatic carbocycles. The second-order valence-electron chi connectivity index (χ2n) is 6.38. The smallest absolute Gasteiger partial charge is 0.225 e. The summed E-state index contributed by atoms with van der Waals surface area (Å²) >= 11 is 0. The molecule has 0 amide bonds. The Kier molecular flexibility index (Phi) is 4.53. The fraction of sp³-hybridized carbons (Fsp3) is 0.316. The number of ether oxygens (including phenoxy) is 1. The number of methoxy groups -OCH3 is 1. The first kappa shape index (κ1) is 16.5. The highest BCUT2D eigenvalue weighted by Gasteiger charge is 2.17. The Hall–Kier alpha value is -2.93. The molecule has 0 radical (unpaired) electrons. The van der Waals surface area contributed by atoms with Crippen LogP contribution in [0.1, 0.15) is 0 Å². The normalized spacial score (nSPS) is 15.2. The van der Waals surface area contributed by atoms with Crippen LogP contribution in [0.2, 0.25) is 0 Å². The lowest BCUT2D eigenvalue weighted by Gasteiger charge is -2.32. The van der Waals surface area contributed by atoms with Gasteiger partial charge in [-0.1, -0.05) is 12.1 Å². The largest absolute Gasteiger partial charge is 0.494 e. The van der Waals surface area contributed by atoms with Crippen molar-refractivity contribution in [3.05, 3.63) is 48.9 Å². The molecule has 0 N–H and O–H groups in total. The molecule has 0 saturated carbocycles. The lowest BCUT2D eigenvalue weighted by Crippen LogP contribution is -2.45. The maximum absolute atomic E-state index is 5.42. The molecule has 7 heteroatoms. The summed E-state index contributed by atoms with van der Waals surface area (Å²) in [5, 5.41) is 4.48. The zero-order valence-corrected chi connectivity index (χ0v) is 15.0. The Balaban J connectivity index is 1.61. The highest BCUT2D eigenvalue weighted by atomic mass is 16.5. The number of likely N-dealkylation sites (N-methyl/N-ethyl adjacent to an activating group) is 1. The van der Waals surface area contributed by atoms with Gasteiger partial charge in [0.05, 0.1) is 19.0 Å². The van der Waals surface area contributed by atoms with E-state index in [1.54, 1.807) is 7.11 Å². The van der Waals surface area contributed by atoms with Crippen LogP contribution in [0.25, 0.3) is 16.9 Å². The molecule has 1 fully saturated rings. The van der Waals surface area contributed by atoms with Crippen molar-refractivity contribution in [2.24, 2.45) is 0 Å². The minimum Gasteiger partial charge on any atom is -0.494 e. The number of piperazine rings is 1. The van der Waals surface area contributed by atoms with Crippen molar-refractivity contribution in [2.75, 3.05) is 45.2 Å². The number of hydrogen-bond donors (Lipinski definition) is 0. The van der Waals surface area contributed by atoms with E-state index in [0.29, 0.717) is 0 Å². The molecule has 1 aliphatic rings. The zero-order valence-electron chi connectivity index (χ0n) is 15.0. The molecule has 0 bridgehead atoms. The van der Waals surface area contributed by atoms with Crippen LogP contribution in [0.15, 0.2) is 48.9 Å². The van der Waals surface area contributed by atoms with Crippen LogP contribution in [0.3, 0.4) is 0 Å². The molecule has 1 saturated heterocycles. The van der Waals surface area contributed by atoms with E-state index in [1.165, 1.54) is 0 Å². The molecule has 1 aliphatic heterocycles. The van der Waals surface area contributed by atoms with Crippen molar-refractivity contribution in [1.82, 2.24) is 24.6 Å². The van der Waals surface area contributed by atoms with E-state index < -0.39 is 0 Å². The van der Waals surface area contributed by atoms with Crippen LogP contribution < -0.4 is 9.64 Å². The summed E-state index contributed by atoms with van der Waals surface area (Å²) in [6.45, 7) is 3.94. The van der Waals surface area contributed by atoms with Gasteiger partial charge in [-0.25, -0.2) is 14.6 Å². The molecule has 3 heterocycles. The molecule has 7 nitrogen and oxygen atoms in total. The fourth-order valence-corrected chi connectivity index (χ4v) is 3.07. The Morgan fingerprint density at radius 2 is 1.85 bits per heavy atom. The van der Waals surface area contributed by atoms with Gasteiger partial charge in [-0.05, 0) is 25.2 Å².